The third kappa shape index (κ3) is 3.19. The number of rotatable bonds is 4. The van der Waals surface area contributed by atoms with Crippen molar-refractivity contribution in [3.63, 3.8) is 0 Å². The SMILES string of the molecule is CCn1cc(CC(O)c2cc(Br)c(Br)s2)cn1. The van der Waals surface area contributed by atoms with Crippen LogP contribution in [0.3, 0.4) is 0 Å². The molecule has 0 aliphatic carbocycles. The van der Waals surface area contributed by atoms with Crippen LogP contribution in [0.1, 0.15) is 23.5 Å². The molecule has 3 nitrogen and oxygen atoms in total. The van der Waals surface area contributed by atoms with Crippen LogP contribution in [0.5, 0.6) is 0 Å². The molecular formula is C11H12Br2N2OS. The highest BCUT2D eigenvalue weighted by Crippen LogP contribution is 2.36. The first-order chi connectivity index (χ1) is 8.10. The lowest BCUT2D eigenvalue weighted by molar-refractivity contribution is 0.182. The van der Waals surface area contributed by atoms with Gasteiger partial charge in [-0.15, -0.1) is 11.3 Å². The van der Waals surface area contributed by atoms with Crippen molar-refractivity contribution < 1.29 is 5.11 Å². The first-order valence-corrected chi connectivity index (χ1v) is 7.64. The van der Waals surface area contributed by atoms with Crippen LogP contribution >= 0.6 is 43.2 Å². The molecule has 92 valence electrons. The highest BCUT2D eigenvalue weighted by Gasteiger charge is 2.14. The van der Waals surface area contributed by atoms with Crippen LogP contribution in [-0.4, -0.2) is 14.9 Å². The van der Waals surface area contributed by atoms with E-state index in [-0.39, 0.29) is 0 Å². The molecule has 0 saturated carbocycles. The molecule has 2 aromatic heterocycles. The van der Waals surface area contributed by atoms with Crippen molar-refractivity contribution >= 4 is 43.2 Å². The van der Waals surface area contributed by atoms with Gasteiger partial charge in [0.2, 0.25) is 0 Å². The molecule has 0 aliphatic heterocycles. The maximum atomic E-state index is 10.1. The quantitative estimate of drug-likeness (QED) is 0.877. The van der Waals surface area contributed by atoms with E-state index < -0.39 is 6.10 Å². The largest absolute Gasteiger partial charge is 0.387 e. The summed E-state index contributed by atoms with van der Waals surface area (Å²) in [7, 11) is 0. The number of aryl methyl sites for hydroxylation is 1. The number of aliphatic hydroxyl groups is 1. The second-order valence-corrected chi connectivity index (χ2v) is 6.95. The Morgan fingerprint density at radius 3 is 2.82 bits per heavy atom. The molecule has 0 amide bonds. The van der Waals surface area contributed by atoms with Crippen LogP contribution in [-0.2, 0) is 13.0 Å². The van der Waals surface area contributed by atoms with Crippen molar-refractivity contribution in [1.82, 2.24) is 9.78 Å². The van der Waals surface area contributed by atoms with Crippen molar-refractivity contribution in [3.05, 3.63) is 37.2 Å². The molecule has 0 fully saturated rings. The number of hydrogen-bond acceptors (Lipinski definition) is 3. The maximum absolute atomic E-state index is 10.1. The molecule has 1 N–H and O–H groups in total. The monoisotopic (exact) mass is 378 g/mol. The Labute approximate surface area is 121 Å². The minimum Gasteiger partial charge on any atom is -0.387 e. The third-order valence-electron chi connectivity index (χ3n) is 2.43. The van der Waals surface area contributed by atoms with Gasteiger partial charge in [0.1, 0.15) is 0 Å². The molecule has 6 heteroatoms. The predicted molar refractivity (Wildman–Crippen MR) is 76.3 cm³/mol. The maximum Gasteiger partial charge on any atom is 0.0924 e. The number of thiophene rings is 1. The highest BCUT2D eigenvalue weighted by atomic mass is 79.9. The third-order valence-corrected chi connectivity index (χ3v) is 5.79. The van der Waals surface area contributed by atoms with Gasteiger partial charge in [0.15, 0.2) is 0 Å². The molecule has 0 saturated heterocycles. The number of hydrogen-bond donors (Lipinski definition) is 1. The average molecular weight is 380 g/mol. The number of aliphatic hydroxyl groups excluding tert-OH is 1. The normalized spacial score (nSPS) is 12.9. The van der Waals surface area contributed by atoms with Crippen molar-refractivity contribution in [3.8, 4) is 0 Å². The smallest absolute Gasteiger partial charge is 0.0924 e. The van der Waals surface area contributed by atoms with E-state index >= 15 is 0 Å². The van der Waals surface area contributed by atoms with E-state index in [0.717, 1.165) is 25.2 Å². The van der Waals surface area contributed by atoms with Gasteiger partial charge in [0.05, 0.1) is 16.1 Å². The van der Waals surface area contributed by atoms with Crippen molar-refractivity contribution in [2.75, 3.05) is 0 Å². The van der Waals surface area contributed by atoms with Gasteiger partial charge < -0.3 is 5.11 Å². The zero-order valence-electron chi connectivity index (χ0n) is 9.23. The lowest BCUT2D eigenvalue weighted by atomic mass is 10.1. The summed E-state index contributed by atoms with van der Waals surface area (Å²) >= 11 is 8.40. The predicted octanol–water partition coefficient (Wildman–Crippen LogP) is 3.77. The van der Waals surface area contributed by atoms with Gasteiger partial charge in [-0.1, -0.05) is 0 Å². The van der Waals surface area contributed by atoms with Crippen LogP contribution in [0.4, 0.5) is 0 Å². The van der Waals surface area contributed by atoms with Crippen molar-refractivity contribution in [2.24, 2.45) is 0 Å². The Kier molecular flexibility index (Phi) is 4.41. The second-order valence-electron chi connectivity index (χ2n) is 3.69. The molecule has 0 radical (unpaired) electrons. The molecular weight excluding hydrogens is 368 g/mol. The summed E-state index contributed by atoms with van der Waals surface area (Å²) in [6.45, 7) is 2.90. The zero-order valence-corrected chi connectivity index (χ0v) is 13.2. The Hall–Kier alpha value is -0.170. The van der Waals surface area contributed by atoms with Crippen LogP contribution in [0.25, 0.3) is 0 Å². The van der Waals surface area contributed by atoms with Gasteiger partial charge in [-0.25, -0.2) is 0 Å². The first kappa shape index (κ1) is 13.3. The van der Waals surface area contributed by atoms with Gasteiger partial charge in [-0.05, 0) is 50.4 Å². The summed E-state index contributed by atoms with van der Waals surface area (Å²) in [5, 5.41) is 14.3. The van der Waals surface area contributed by atoms with E-state index in [2.05, 4.69) is 37.0 Å². The minimum absolute atomic E-state index is 0.475. The summed E-state index contributed by atoms with van der Waals surface area (Å²) in [6.07, 6.45) is 3.90. The van der Waals surface area contributed by atoms with E-state index in [9.17, 15) is 5.11 Å². The molecule has 0 bridgehead atoms. The van der Waals surface area contributed by atoms with E-state index in [1.165, 1.54) is 0 Å². The topological polar surface area (TPSA) is 38.0 Å². The van der Waals surface area contributed by atoms with Crippen LogP contribution in [0.2, 0.25) is 0 Å². The highest BCUT2D eigenvalue weighted by molar-refractivity contribution is 9.13. The summed E-state index contributed by atoms with van der Waals surface area (Å²) in [5.74, 6) is 0. The lowest BCUT2D eigenvalue weighted by Crippen LogP contribution is -1.98. The summed E-state index contributed by atoms with van der Waals surface area (Å²) in [6, 6.07) is 1.95. The average Bonchev–Trinajstić information content (AvgIpc) is 2.87. The fourth-order valence-corrected chi connectivity index (χ4v) is 3.61. The van der Waals surface area contributed by atoms with Gasteiger partial charge in [-0.3, -0.25) is 4.68 Å². The molecule has 2 rings (SSSR count). The molecule has 1 unspecified atom stereocenters. The standard InChI is InChI=1S/C11H12Br2N2OS/c1-2-15-6-7(5-14-15)3-9(16)10-4-8(12)11(13)17-10/h4-6,9,16H,2-3H2,1H3. The molecule has 1 atom stereocenters. The van der Waals surface area contributed by atoms with E-state index in [1.807, 2.05) is 30.1 Å². The van der Waals surface area contributed by atoms with Crippen LogP contribution in [0.15, 0.2) is 26.7 Å². The molecule has 0 spiro atoms. The van der Waals surface area contributed by atoms with Crippen LogP contribution < -0.4 is 0 Å². The lowest BCUT2D eigenvalue weighted by Gasteiger charge is -2.05. The minimum atomic E-state index is -0.475. The molecule has 0 aromatic carbocycles. The van der Waals surface area contributed by atoms with Gasteiger partial charge >= 0.3 is 0 Å². The first-order valence-electron chi connectivity index (χ1n) is 5.24. The van der Waals surface area contributed by atoms with Crippen molar-refractivity contribution in [2.45, 2.75) is 26.0 Å². The summed E-state index contributed by atoms with van der Waals surface area (Å²) in [5.41, 5.74) is 1.06. The molecule has 0 aliphatic rings. The number of nitrogens with zero attached hydrogens (tertiary/aromatic N) is 2. The number of halogens is 2. The van der Waals surface area contributed by atoms with Gasteiger partial charge in [-0.2, -0.15) is 5.10 Å². The fourth-order valence-electron chi connectivity index (χ4n) is 1.54. The zero-order chi connectivity index (χ0) is 12.4. The van der Waals surface area contributed by atoms with Gasteiger partial charge in [0.25, 0.3) is 0 Å². The molecule has 2 aromatic rings. The van der Waals surface area contributed by atoms with Crippen molar-refractivity contribution in [1.29, 1.82) is 0 Å². The molecule has 17 heavy (non-hydrogen) atoms. The Bertz CT molecular complexity index is 490. The van der Waals surface area contributed by atoms with Gasteiger partial charge in [0, 0.05) is 28.5 Å². The summed E-state index contributed by atoms with van der Waals surface area (Å²) < 4.78 is 3.86. The fraction of sp³-hybridized carbons (Fsp3) is 0.364. The Balaban J connectivity index is 2.08. The Morgan fingerprint density at radius 1 is 1.53 bits per heavy atom. The van der Waals surface area contributed by atoms with E-state index in [1.54, 1.807) is 11.3 Å². The van der Waals surface area contributed by atoms with Crippen LogP contribution in [0, 0.1) is 0 Å². The summed E-state index contributed by atoms with van der Waals surface area (Å²) in [4.78, 5) is 0.952. The number of aromatic nitrogens is 2. The molecule has 2 heterocycles. The second kappa shape index (κ2) is 5.65. The van der Waals surface area contributed by atoms with E-state index in [4.69, 9.17) is 0 Å². The van der Waals surface area contributed by atoms with E-state index in [0.29, 0.717) is 6.42 Å². The Morgan fingerprint density at radius 2 is 2.29 bits per heavy atom.